The number of carbonyl (C=O) groups is 1. The van der Waals surface area contributed by atoms with Crippen LogP contribution in [0, 0.1) is 5.92 Å². The van der Waals surface area contributed by atoms with E-state index >= 15 is 0 Å². The zero-order valence-corrected chi connectivity index (χ0v) is 12.6. The molecular formula is C16H23NO2S. The summed E-state index contributed by atoms with van der Waals surface area (Å²) in [5.41, 5.74) is 0. The highest BCUT2D eigenvalue weighted by molar-refractivity contribution is 7.99. The summed E-state index contributed by atoms with van der Waals surface area (Å²) in [6, 6.07) is 10.3. The number of rotatable bonds is 6. The van der Waals surface area contributed by atoms with Crippen LogP contribution in [0.4, 0.5) is 0 Å². The summed E-state index contributed by atoms with van der Waals surface area (Å²) in [5, 5.41) is 9.19. The van der Waals surface area contributed by atoms with Gasteiger partial charge >= 0.3 is 0 Å². The van der Waals surface area contributed by atoms with Gasteiger partial charge < -0.3 is 10.0 Å². The van der Waals surface area contributed by atoms with Gasteiger partial charge in [0, 0.05) is 31.0 Å². The van der Waals surface area contributed by atoms with Crippen molar-refractivity contribution in [3.05, 3.63) is 30.3 Å². The van der Waals surface area contributed by atoms with E-state index in [4.69, 9.17) is 0 Å². The SMILES string of the molecule is O=C(CCCSc1ccccc1)N1CCCC(CO)C1. The lowest BCUT2D eigenvalue weighted by molar-refractivity contribution is -0.133. The van der Waals surface area contributed by atoms with Crippen LogP contribution < -0.4 is 0 Å². The van der Waals surface area contributed by atoms with Crippen molar-refractivity contribution in [1.82, 2.24) is 4.90 Å². The van der Waals surface area contributed by atoms with Crippen molar-refractivity contribution in [3.8, 4) is 0 Å². The Morgan fingerprint density at radius 2 is 2.15 bits per heavy atom. The van der Waals surface area contributed by atoms with E-state index in [1.54, 1.807) is 11.8 Å². The van der Waals surface area contributed by atoms with Gasteiger partial charge in [0.2, 0.25) is 5.91 Å². The standard InChI is InChI=1S/C16H23NO2S/c18-13-14-6-4-10-17(12-14)16(19)9-5-11-20-15-7-2-1-3-8-15/h1-3,7-8,14,18H,4-6,9-13H2. The van der Waals surface area contributed by atoms with Crippen molar-refractivity contribution in [2.24, 2.45) is 5.92 Å². The summed E-state index contributed by atoms with van der Waals surface area (Å²) >= 11 is 1.80. The maximum Gasteiger partial charge on any atom is 0.222 e. The van der Waals surface area contributed by atoms with Gasteiger partial charge in [-0.3, -0.25) is 4.79 Å². The molecule has 1 aromatic carbocycles. The monoisotopic (exact) mass is 293 g/mol. The number of piperidine rings is 1. The van der Waals surface area contributed by atoms with Crippen molar-refractivity contribution >= 4 is 17.7 Å². The van der Waals surface area contributed by atoms with Crippen LogP contribution in [-0.2, 0) is 4.79 Å². The van der Waals surface area contributed by atoms with Gasteiger partial charge in [0.05, 0.1) is 0 Å². The number of aliphatic hydroxyl groups is 1. The predicted molar refractivity (Wildman–Crippen MR) is 82.8 cm³/mol. The zero-order chi connectivity index (χ0) is 14.2. The Bertz CT molecular complexity index is 410. The van der Waals surface area contributed by atoms with Gasteiger partial charge in [-0.2, -0.15) is 0 Å². The van der Waals surface area contributed by atoms with Crippen molar-refractivity contribution in [2.45, 2.75) is 30.6 Å². The summed E-state index contributed by atoms with van der Waals surface area (Å²) in [6.45, 7) is 1.80. The summed E-state index contributed by atoms with van der Waals surface area (Å²) < 4.78 is 0. The molecule has 0 aromatic heterocycles. The van der Waals surface area contributed by atoms with Crippen LogP contribution in [0.1, 0.15) is 25.7 Å². The van der Waals surface area contributed by atoms with Gasteiger partial charge in [0.15, 0.2) is 0 Å². The van der Waals surface area contributed by atoms with E-state index in [9.17, 15) is 9.90 Å². The average molecular weight is 293 g/mol. The third-order valence-electron chi connectivity index (χ3n) is 3.68. The lowest BCUT2D eigenvalue weighted by Gasteiger charge is -2.31. The second-order valence-electron chi connectivity index (χ2n) is 5.30. The van der Waals surface area contributed by atoms with Crippen molar-refractivity contribution in [1.29, 1.82) is 0 Å². The number of hydrogen-bond acceptors (Lipinski definition) is 3. The number of thioether (sulfide) groups is 1. The third-order valence-corrected chi connectivity index (χ3v) is 4.78. The van der Waals surface area contributed by atoms with E-state index in [0.29, 0.717) is 6.42 Å². The lowest BCUT2D eigenvalue weighted by atomic mass is 9.99. The highest BCUT2D eigenvalue weighted by Gasteiger charge is 2.22. The Morgan fingerprint density at radius 3 is 2.90 bits per heavy atom. The van der Waals surface area contributed by atoms with Crippen molar-refractivity contribution in [3.63, 3.8) is 0 Å². The van der Waals surface area contributed by atoms with Crippen LogP contribution in [0.2, 0.25) is 0 Å². The van der Waals surface area contributed by atoms with E-state index in [1.165, 1.54) is 4.90 Å². The molecule has 1 unspecified atom stereocenters. The van der Waals surface area contributed by atoms with Gasteiger partial charge in [0.25, 0.3) is 0 Å². The molecule has 3 nitrogen and oxygen atoms in total. The summed E-state index contributed by atoms with van der Waals surface area (Å²) in [5.74, 6) is 1.51. The second-order valence-corrected chi connectivity index (χ2v) is 6.46. The van der Waals surface area contributed by atoms with Gasteiger partial charge in [-0.1, -0.05) is 18.2 Å². The van der Waals surface area contributed by atoms with Crippen molar-refractivity contribution < 1.29 is 9.90 Å². The number of nitrogens with zero attached hydrogens (tertiary/aromatic N) is 1. The van der Waals surface area contributed by atoms with E-state index < -0.39 is 0 Å². The first kappa shape index (κ1) is 15.4. The molecule has 1 aromatic rings. The normalized spacial score (nSPS) is 19.1. The van der Waals surface area contributed by atoms with Gasteiger partial charge in [0.1, 0.15) is 0 Å². The number of aliphatic hydroxyl groups excluding tert-OH is 1. The first-order chi connectivity index (χ1) is 9.79. The predicted octanol–water partition coefficient (Wildman–Crippen LogP) is 2.79. The minimum absolute atomic E-state index is 0.202. The molecule has 1 atom stereocenters. The molecule has 0 spiro atoms. The van der Waals surface area contributed by atoms with E-state index in [1.807, 2.05) is 23.1 Å². The zero-order valence-electron chi connectivity index (χ0n) is 11.8. The van der Waals surface area contributed by atoms with Gasteiger partial charge in [-0.05, 0) is 43.1 Å². The van der Waals surface area contributed by atoms with E-state index in [2.05, 4.69) is 12.1 Å². The Kier molecular flexibility index (Phi) is 6.40. The quantitative estimate of drug-likeness (QED) is 0.647. The molecular weight excluding hydrogens is 270 g/mol. The van der Waals surface area contributed by atoms with E-state index in [-0.39, 0.29) is 18.4 Å². The van der Waals surface area contributed by atoms with Crippen LogP contribution in [0.25, 0.3) is 0 Å². The van der Waals surface area contributed by atoms with Crippen LogP contribution in [0.3, 0.4) is 0 Å². The first-order valence-corrected chi connectivity index (χ1v) is 8.34. The summed E-state index contributed by atoms with van der Waals surface area (Å²) in [7, 11) is 0. The Balaban J connectivity index is 1.65. The van der Waals surface area contributed by atoms with Gasteiger partial charge in [-0.25, -0.2) is 0 Å². The van der Waals surface area contributed by atoms with Crippen LogP contribution in [-0.4, -0.2) is 41.4 Å². The molecule has 110 valence electrons. The molecule has 1 aliphatic rings. The average Bonchev–Trinajstić information content (AvgIpc) is 2.52. The molecule has 20 heavy (non-hydrogen) atoms. The third kappa shape index (κ3) is 4.84. The smallest absolute Gasteiger partial charge is 0.222 e. The Morgan fingerprint density at radius 1 is 1.35 bits per heavy atom. The van der Waals surface area contributed by atoms with Crippen LogP contribution in [0.5, 0.6) is 0 Å². The molecule has 1 heterocycles. The fraction of sp³-hybridized carbons (Fsp3) is 0.562. The largest absolute Gasteiger partial charge is 0.396 e. The number of carbonyl (C=O) groups excluding carboxylic acids is 1. The maximum absolute atomic E-state index is 12.1. The summed E-state index contributed by atoms with van der Waals surface area (Å²) in [4.78, 5) is 15.3. The topological polar surface area (TPSA) is 40.5 Å². The molecule has 0 saturated carbocycles. The molecule has 4 heteroatoms. The molecule has 1 N–H and O–H groups in total. The molecule has 1 aliphatic heterocycles. The second kappa shape index (κ2) is 8.32. The van der Waals surface area contributed by atoms with Crippen LogP contribution in [0.15, 0.2) is 35.2 Å². The van der Waals surface area contributed by atoms with Gasteiger partial charge in [-0.15, -0.1) is 11.8 Å². The first-order valence-electron chi connectivity index (χ1n) is 7.36. The fourth-order valence-electron chi connectivity index (χ4n) is 2.53. The minimum Gasteiger partial charge on any atom is -0.396 e. The number of benzene rings is 1. The summed E-state index contributed by atoms with van der Waals surface area (Å²) in [6.07, 6.45) is 3.61. The molecule has 0 aliphatic carbocycles. The molecule has 1 amide bonds. The fourth-order valence-corrected chi connectivity index (χ4v) is 3.40. The number of likely N-dealkylation sites (tertiary alicyclic amines) is 1. The van der Waals surface area contributed by atoms with Crippen LogP contribution >= 0.6 is 11.8 Å². The number of hydrogen-bond donors (Lipinski definition) is 1. The lowest BCUT2D eigenvalue weighted by Crippen LogP contribution is -2.40. The molecule has 1 saturated heterocycles. The van der Waals surface area contributed by atoms with Crippen molar-refractivity contribution in [2.75, 3.05) is 25.4 Å². The molecule has 0 radical (unpaired) electrons. The highest BCUT2D eigenvalue weighted by Crippen LogP contribution is 2.20. The maximum atomic E-state index is 12.1. The number of amides is 1. The molecule has 0 bridgehead atoms. The Hall–Kier alpha value is -1.00. The minimum atomic E-state index is 0.202. The molecule has 2 rings (SSSR count). The highest BCUT2D eigenvalue weighted by atomic mass is 32.2. The Labute approximate surface area is 125 Å². The molecule has 1 fully saturated rings. The van der Waals surface area contributed by atoms with E-state index in [0.717, 1.165) is 38.1 Å².